The van der Waals surface area contributed by atoms with E-state index in [1.165, 1.54) is 22.5 Å². The van der Waals surface area contributed by atoms with Gasteiger partial charge >= 0.3 is 5.97 Å². The van der Waals surface area contributed by atoms with Crippen molar-refractivity contribution in [2.24, 2.45) is 0 Å². The molecule has 5 rings (SSSR count). The van der Waals surface area contributed by atoms with Crippen LogP contribution in [0.2, 0.25) is 0 Å². The molecular formula is C28H23NO3S2. The molecule has 0 saturated heterocycles. The Morgan fingerprint density at radius 3 is 2.47 bits per heavy atom. The molecule has 2 aromatic carbocycles. The highest BCUT2D eigenvalue weighted by molar-refractivity contribution is 8.00. The number of fused-ring (bicyclic) bond motifs is 3. The summed E-state index contributed by atoms with van der Waals surface area (Å²) in [6.07, 6.45) is 1.95. The fourth-order valence-corrected chi connectivity index (χ4v) is 6.73. The van der Waals surface area contributed by atoms with E-state index in [-0.39, 0.29) is 12.4 Å². The molecule has 0 bridgehead atoms. The van der Waals surface area contributed by atoms with E-state index < -0.39 is 5.97 Å². The van der Waals surface area contributed by atoms with Gasteiger partial charge in [-0.2, -0.15) is 0 Å². The summed E-state index contributed by atoms with van der Waals surface area (Å²) in [5, 5.41) is 0.677. The van der Waals surface area contributed by atoms with Crippen molar-refractivity contribution in [3.8, 4) is 0 Å². The first kappa shape index (κ1) is 22.4. The highest BCUT2D eigenvalue weighted by atomic mass is 32.2. The molecule has 0 atom stereocenters. The van der Waals surface area contributed by atoms with Gasteiger partial charge in [0.1, 0.15) is 0 Å². The number of ether oxygens (including phenoxy) is 1. The first-order valence-electron chi connectivity index (χ1n) is 11.1. The summed E-state index contributed by atoms with van der Waals surface area (Å²) in [5.41, 5.74) is 5.18. The van der Waals surface area contributed by atoms with Gasteiger partial charge < -0.3 is 9.14 Å². The number of carbonyl (C=O) groups is 2. The van der Waals surface area contributed by atoms with Gasteiger partial charge in [-0.05, 0) is 37.1 Å². The Morgan fingerprint density at radius 2 is 1.71 bits per heavy atom. The number of pyridine rings is 1. The van der Waals surface area contributed by atoms with Crippen molar-refractivity contribution in [2.45, 2.75) is 23.8 Å². The average molecular weight is 486 g/mol. The Labute approximate surface area is 206 Å². The van der Waals surface area contributed by atoms with E-state index in [2.05, 4.69) is 19.1 Å². The maximum absolute atomic E-state index is 13.7. The molecule has 0 unspecified atom stereocenters. The molecule has 0 aliphatic rings. The largest absolute Gasteiger partial charge is 0.462 e. The van der Waals surface area contributed by atoms with Crippen LogP contribution in [0.25, 0.3) is 16.4 Å². The zero-order valence-electron chi connectivity index (χ0n) is 18.9. The Balaban J connectivity index is 1.74. The van der Waals surface area contributed by atoms with Crippen LogP contribution in [0, 0.1) is 6.92 Å². The fraction of sp³-hybridized carbons (Fsp3) is 0.143. The minimum atomic E-state index is -0.406. The van der Waals surface area contributed by atoms with Gasteiger partial charge in [-0.15, -0.1) is 23.1 Å². The van der Waals surface area contributed by atoms with Crippen LogP contribution < -0.4 is 0 Å². The Hall–Kier alpha value is -3.35. The number of carbonyl (C=O) groups excluding carboxylic acids is 2. The molecule has 0 aliphatic heterocycles. The molecule has 3 heterocycles. The molecule has 0 fully saturated rings. The van der Waals surface area contributed by atoms with Crippen LogP contribution in [0.3, 0.4) is 0 Å². The maximum Gasteiger partial charge on any atom is 0.341 e. The van der Waals surface area contributed by atoms with Gasteiger partial charge in [-0.25, -0.2) is 4.79 Å². The van der Waals surface area contributed by atoms with Crippen LogP contribution in [0.15, 0.2) is 83.2 Å². The molecule has 3 aromatic heterocycles. The Bertz CT molecular complexity index is 1520. The van der Waals surface area contributed by atoms with Crippen LogP contribution in [0.5, 0.6) is 0 Å². The molecular weight excluding hydrogens is 462 g/mol. The van der Waals surface area contributed by atoms with Gasteiger partial charge in [-0.1, -0.05) is 60.7 Å². The van der Waals surface area contributed by atoms with Crippen molar-refractivity contribution in [2.75, 3.05) is 6.61 Å². The van der Waals surface area contributed by atoms with Crippen molar-refractivity contribution in [3.63, 3.8) is 0 Å². The minimum absolute atomic E-state index is 0.0835. The summed E-state index contributed by atoms with van der Waals surface area (Å²) < 4.78 is 8.45. The molecule has 0 radical (unpaired) electrons. The second-order valence-corrected chi connectivity index (χ2v) is 10.2. The van der Waals surface area contributed by atoms with Crippen LogP contribution in [-0.4, -0.2) is 22.8 Å². The summed E-state index contributed by atoms with van der Waals surface area (Å²) >= 11 is 3.15. The topological polar surface area (TPSA) is 47.8 Å². The molecule has 0 amide bonds. The molecule has 4 nitrogen and oxygen atoms in total. The van der Waals surface area contributed by atoms with Crippen LogP contribution >= 0.6 is 23.1 Å². The first-order valence-corrected chi connectivity index (χ1v) is 12.9. The molecule has 170 valence electrons. The van der Waals surface area contributed by atoms with Crippen LogP contribution in [-0.2, 0) is 10.5 Å². The van der Waals surface area contributed by atoms with E-state index in [4.69, 9.17) is 4.74 Å². The predicted octanol–water partition coefficient (Wildman–Crippen LogP) is 7.16. The lowest BCUT2D eigenvalue weighted by molar-refractivity contribution is 0.0531. The average Bonchev–Trinajstić information content (AvgIpc) is 3.39. The van der Waals surface area contributed by atoms with Gasteiger partial charge in [0.15, 0.2) is 0 Å². The third kappa shape index (κ3) is 3.93. The smallest absolute Gasteiger partial charge is 0.341 e. The monoisotopic (exact) mass is 485 g/mol. The number of hydrogen-bond acceptors (Lipinski definition) is 5. The summed E-state index contributed by atoms with van der Waals surface area (Å²) in [6.45, 7) is 4.17. The molecule has 0 spiro atoms. The van der Waals surface area contributed by atoms with Gasteiger partial charge in [0.2, 0.25) is 5.78 Å². The standard InChI is InChI=1S/C28H23NO3S2/c1-3-32-27(31)22-21-15-9-10-16-29(21)24-23(22)26(25(30)19-12-5-4-6-13-19)34-28(24)33-17-20-14-8-7-11-18(20)2/h4-16H,3,17H2,1-2H3. The first-order chi connectivity index (χ1) is 16.6. The Kier molecular flexibility index (Phi) is 6.26. The van der Waals surface area contributed by atoms with Crippen molar-refractivity contribution in [1.29, 1.82) is 0 Å². The minimum Gasteiger partial charge on any atom is -0.462 e. The summed E-state index contributed by atoms with van der Waals surface area (Å²) in [5.74, 6) is 0.284. The van der Waals surface area contributed by atoms with Gasteiger partial charge in [-0.3, -0.25) is 4.79 Å². The maximum atomic E-state index is 13.7. The number of hydrogen-bond donors (Lipinski definition) is 0. The van der Waals surface area contributed by atoms with Gasteiger partial charge in [0.05, 0.1) is 32.3 Å². The van der Waals surface area contributed by atoms with E-state index in [0.29, 0.717) is 21.4 Å². The van der Waals surface area contributed by atoms with Crippen molar-refractivity contribution >= 4 is 51.3 Å². The zero-order valence-corrected chi connectivity index (χ0v) is 20.5. The quantitative estimate of drug-likeness (QED) is 0.139. The normalized spacial score (nSPS) is 11.2. The molecule has 5 aromatic rings. The second kappa shape index (κ2) is 9.49. The molecule has 0 N–H and O–H groups in total. The van der Waals surface area contributed by atoms with E-state index in [9.17, 15) is 9.59 Å². The second-order valence-electron chi connectivity index (χ2n) is 7.90. The number of benzene rings is 2. The van der Waals surface area contributed by atoms with E-state index in [1.54, 1.807) is 18.7 Å². The van der Waals surface area contributed by atoms with Crippen molar-refractivity contribution in [3.05, 3.63) is 106 Å². The summed E-state index contributed by atoms with van der Waals surface area (Å²) in [4.78, 5) is 27.4. The number of nitrogens with zero attached hydrogens (tertiary/aromatic N) is 1. The van der Waals surface area contributed by atoms with Crippen LogP contribution in [0.1, 0.15) is 43.6 Å². The zero-order chi connectivity index (χ0) is 23.7. The highest BCUT2D eigenvalue weighted by Gasteiger charge is 2.29. The number of aromatic nitrogens is 1. The number of rotatable bonds is 7. The number of aryl methyl sites for hydroxylation is 1. The van der Waals surface area contributed by atoms with Crippen molar-refractivity contribution in [1.82, 2.24) is 4.40 Å². The number of thioether (sulfide) groups is 1. The lowest BCUT2D eigenvalue weighted by Crippen LogP contribution is -2.06. The number of thiophene rings is 1. The molecule has 6 heteroatoms. The molecule has 34 heavy (non-hydrogen) atoms. The molecule has 0 saturated carbocycles. The Morgan fingerprint density at radius 1 is 0.971 bits per heavy atom. The van der Waals surface area contributed by atoms with E-state index >= 15 is 0 Å². The van der Waals surface area contributed by atoms with Gasteiger partial charge in [0, 0.05) is 22.9 Å². The number of ketones is 1. The number of esters is 1. The third-order valence-corrected chi connectivity index (χ3v) is 8.29. The molecule has 0 aliphatic carbocycles. The lowest BCUT2D eigenvalue weighted by Gasteiger charge is -2.05. The summed E-state index contributed by atoms with van der Waals surface area (Å²) in [6, 6.07) is 23.3. The van der Waals surface area contributed by atoms with E-state index in [0.717, 1.165) is 21.0 Å². The predicted molar refractivity (Wildman–Crippen MR) is 139 cm³/mol. The van der Waals surface area contributed by atoms with E-state index in [1.807, 2.05) is 71.3 Å². The van der Waals surface area contributed by atoms with Crippen molar-refractivity contribution < 1.29 is 14.3 Å². The third-order valence-electron chi connectivity index (χ3n) is 5.80. The fourth-order valence-electron chi connectivity index (χ4n) is 4.13. The lowest BCUT2D eigenvalue weighted by atomic mass is 10.1. The van der Waals surface area contributed by atoms with Crippen LogP contribution in [0.4, 0.5) is 0 Å². The van der Waals surface area contributed by atoms with Gasteiger partial charge in [0.25, 0.3) is 0 Å². The summed E-state index contributed by atoms with van der Waals surface area (Å²) in [7, 11) is 0. The SMILES string of the molecule is CCOC(=O)c1c2c(C(=O)c3ccccc3)sc(SCc3ccccc3C)c2n2ccccc12. The highest BCUT2D eigenvalue weighted by Crippen LogP contribution is 2.44.